The van der Waals surface area contributed by atoms with Crippen LogP contribution in [0.1, 0.15) is 30.7 Å². The van der Waals surface area contributed by atoms with Crippen molar-refractivity contribution in [3.8, 4) is 11.5 Å². The molecule has 0 bridgehead atoms. The SMILES string of the molecule is CC1=CC(C)Oc2cc(OCc3cn(Cc4cc(=O)oc5ccc6ccccc6c45)nn3)ccc21. The Balaban J connectivity index is 1.23. The Morgan fingerprint density at radius 1 is 1.09 bits per heavy atom. The highest BCUT2D eigenvalue weighted by Gasteiger charge is 2.16. The standard InChI is InChI=1S/C28H23N3O4/c1-17-11-18(2)34-26-13-22(8-9-23(17)26)33-16-21-15-31(30-29-21)14-20-12-27(32)35-25-10-7-19-5-3-4-6-24(19)28(20)25/h3-13,15,18H,14,16H2,1-2H3. The molecule has 3 aromatic carbocycles. The van der Waals surface area contributed by atoms with Crippen molar-refractivity contribution in [1.82, 2.24) is 15.0 Å². The third-order valence-electron chi connectivity index (χ3n) is 6.20. The van der Waals surface area contributed by atoms with Crippen LogP contribution >= 0.6 is 0 Å². The van der Waals surface area contributed by atoms with Crippen LogP contribution in [-0.4, -0.2) is 21.1 Å². The van der Waals surface area contributed by atoms with Gasteiger partial charge in [0.15, 0.2) is 0 Å². The van der Waals surface area contributed by atoms with Gasteiger partial charge < -0.3 is 13.9 Å². The van der Waals surface area contributed by atoms with E-state index in [0.29, 0.717) is 23.6 Å². The van der Waals surface area contributed by atoms with Crippen molar-refractivity contribution in [2.24, 2.45) is 0 Å². The average Bonchev–Trinajstić information content (AvgIpc) is 3.29. The molecule has 35 heavy (non-hydrogen) atoms. The van der Waals surface area contributed by atoms with Crippen molar-refractivity contribution in [1.29, 1.82) is 0 Å². The lowest BCUT2D eigenvalue weighted by molar-refractivity contribution is 0.259. The highest BCUT2D eigenvalue weighted by molar-refractivity contribution is 6.07. The number of aromatic nitrogens is 3. The van der Waals surface area contributed by atoms with Gasteiger partial charge in [-0.2, -0.15) is 0 Å². The van der Waals surface area contributed by atoms with Gasteiger partial charge in [-0.25, -0.2) is 9.48 Å². The average molecular weight is 466 g/mol. The lowest BCUT2D eigenvalue weighted by atomic mass is 10.0. The molecule has 0 aliphatic carbocycles. The predicted molar refractivity (Wildman–Crippen MR) is 134 cm³/mol. The van der Waals surface area contributed by atoms with E-state index in [-0.39, 0.29) is 18.3 Å². The molecule has 5 aromatic rings. The van der Waals surface area contributed by atoms with Crippen molar-refractivity contribution < 1.29 is 13.9 Å². The van der Waals surface area contributed by atoms with E-state index in [0.717, 1.165) is 33.0 Å². The first-order chi connectivity index (χ1) is 17.0. The van der Waals surface area contributed by atoms with E-state index in [4.69, 9.17) is 13.9 Å². The van der Waals surface area contributed by atoms with Crippen LogP contribution in [0, 0.1) is 0 Å². The van der Waals surface area contributed by atoms with Crippen molar-refractivity contribution in [3.05, 3.63) is 100 Å². The minimum atomic E-state index is -0.388. The van der Waals surface area contributed by atoms with Gasteiger partial charge in [-0.15, -0.1) is 5.10 Å². The molecule has 0 saturated carbocycles. The Bertz CT molecular complexity index is 1660. The van der Waals surface area contributed by atoms with Crippen LogP contribution in [0.2, 0.25) is 0 Å². The zero-order valence-electron chi connectivity index (χ0n) is 19.4. The van der Waals surface area contributed by atoms with Crippen LogP contribution < -0.4 is 15.1 Å². The van der Waals surface area contributed by atoms with Crippen molar-refractivity contribution in [3.63, 3.8) is 0 Å². The van der Waals surface area contributed by atoms with Crippen LogP contribution in [-0.2, 0) is 13.2 Å². The van der Waals surface area contributed by atoms with Gasteiger partial charge in [0.25, 0.3) is 0 Å². The van der Waals surface area contributed by atoms with E-state index in [2.05, 4.69) is 23.3 Å². The molecule has 7 nitrogen and oxygen atoms in total. The molecule has 0 radical (unpaired) electrons. The summed E-state index contributed by atoms with van der Waals surface area (Å²) < 4.78 is 19.0. The normalized spacial score (nSPS) is 15.0. The first-order valence-corrected chi connectivity index (χ1v) is 11.5. The quantitative estimate of drug-likeness (QED) is 0.257. The van der Waals surface area contributed by atoms with Crippen molar-refractivity contribution >= 4 is 27.3 Å². The van der Waals surface area contributed by atoms with Crippen LogP contribution in [0.3, 0.4) is 0 Å². The molecule has 0 saturated heterocycles. The molecular formula is C28H23N3O4. The van der Waals surface area contributed by atoms with Crippen LogP contribution in [0.25, 0.3) is 27.3 Å². The first kappa shape index (κ1) is 21.2. The fourth-order valence-corrected chi connectivity index (χ4v) is 4.65. The molecule has 7 heteroatoms. The summed E-state index contributed by atoms with van der Waals surface area (Å²) >= 11 is 0. The maximum Gasteiger partial charge on any atom is 0.336 e. The molecule has 0 N–H and O–H groups in total. The molecule has 1 atom stereocenters. The Morgan fingerprint density at radius 2 is 1.97 bits per heavy atom. The van der Waals surface area contributed by atoms with E-state index in [1.54, 1.807) is 4.68 Å². The van der Waals surface area contributed by atoms with Crippen LogP contribution in [0.4, 0.5) is 0 Å². The second-order valence-corrected chi connectivity index (χ2v) is 8.78. The molecule has 6 rings (SSSR count). The summed E-state index contributed by atoms with van der Waals surface area (Å²) in [5, 5.41) is 11.5. The minimum Gasteiger partial charge on any atom is -0.487 e. The molecule has 174 valence electrons. The number of hydrogen-bond donors (Lipinski definition) is 0. The van der Waals surface area contributed by atoms with Gasteiger partial charge in [-0.3, -0.25) is 0 Å². The summed E-state index contributed by atoms with van der Waals surface area (Å²) in [5.41, 5.74) is 3.96. The topological polar surface area (TPSA) is 79.4 Å². The first-order valence-electron chi connectivity index (χ1n) is 11.5. The van der Waals surface area contributed by atoms with Gasteiger partial charge in [0.2, 0.25) is 0 Å². The number of nitrogens with zero attached hydrogens (tertiary/aromatic N) is 3. The summed E-state index contributed by atoms with van der Waals surface area (Å²) in [5.74, 6) is 1.53. The molecule has 0 amide bonds. The minimum absolute atomic E-state index is 0.0336. The Labute approximate surface area is 201 Å². The van der Waals surface area contributed by atoms with Gasteiger partial charge >= 0.3 is 5.63 Å². The summed E-state index contributed by atoms with van der Waals surface area (Å²) in [6, 6.07) is 19.2. The molecule has 1 unspecified atom stereocenters. The van der Waals surface area contributed by atoms with Gasteiger partial charge in [0.1, 0.15) is 35.5 Å². The summed E-state index contributed by atoms with van der Waals surface area (Å²) in [7, 11) is 0. The lowest BCUT2D eigenvalue weighted by Crippen LogP contribution is -2.14. The second kappa shape index (κ2) is 8.43. The molecule has 0 fully saturated rings. The Kier molecular flexibility index (Phi) is 5.10. The van der Waals surface area contributed by atoms with E-state index in [1.807, 2.05) is 67.7 Å². The molecule has 2 aromatic heterocycles. The Morgan fingerprint density at radius 3 is 2.89 bits per heavy atom. The fraction of sp³-hybridized carbons (Fsp3) is 0.179. The molecule has 1 aliphatic rings. The molecule has 0 spiro atoms. The van der Waals surface area contributed by atoms with E-state index in [1.165, 1.54) is 11.6 Å². The Hall–Kier alpha value is -4.39. The smallest absolute Gasteiger partial charge is 0.336 e. The van der Waals surface area contributed by atoms with E-state index >= 15 is 0 Å². The summed E-state index contributed by atoms with van der Waals surface area (Å²) in [4.78, 5) is 12.2. The maximum atomic E-state index is 12.2. The van der Waals surface area contributed by atoms with E-state index < -0.39 is 0 Å². The molecule has 1 aliphatic heterocycles. The number of rotatable bonds is 5. The number of ether oxygens (including phenoxy) is 2. The molecule has 3 heterocycles. The van der Waals surface area contributed by atoms with Crippen LogP contribution in [0.15, 0.2) is 82.1 Å². The third kappa shape index (κ3) is 4.05. The summed E-state index contributed by atoms with van der Waals surface area (Å²) in [6.07, 6.45) is 3.96. The lowest BCUT2D eigenvalue weighted by Gasteiger charge is -2.22. The monoisotopic (exact) mass is 465 g/mol. The van der Waals surface area contributed by atoms with Crippen molar-refractivity contribution in [2.75, 3.05) is 0 Å². The van der Waals surface area contributed by atoms with Crippen molar-refractivity contribution in [2.45, 2.75) is 33.1 Å². The van der Waals surface area contributed by atoms with Gasteiger partial charge in [0, 0.05) is 23.1 Å². The van der Waals surface area contributed by atoms with E-state index in [9.17, 15) is 4.79 Å². The second-order valence-electron chi connectivity index (χ2n) is 8.78. The summed E-state index contributed by atoms with van der Waals surface area (Å²) in [6.45, 7) is 4.75. The molecular weight excluding hydrogens is 442 g/mol. The number of hydrogen-bond acceptors (Lipinski definition) is 6. The third-order valence-corrected chi connectivity index (χ3v) is 6.20. The van der Waals surface area contributed by atoms with Gasteiger partial charge in [0.05, 0.1) is 12.7 Å². The zero-order valence-corrected chi connectivity index (χ0v) is 19.4. The zero-order chi connectivity index (χ0) is 23.9. The highest BCUT2D eigenvalue weighted by atomic mass is 16.5. The predicted octanol–water partition coefficient (Wildman–Crippen LogP) is 5.35. The van der Waals surface area contributed by atoms with Crippen LogP contribution in [0.5, 0.6) is 11.5 Å². The number of fused-ring (bicyclic) bond motifs is 4. The number of benzene rings is 3. The number of allylic oxidation sites excluding steroid dienone is 1. The largest absolute Gasteiger partial charge is 0.487 e. The highest BCUT2D eigenvalue weighted by Crippen LogP contribution is 2.35. The van der Waals surface area contributed by atoms with Gasteiger partial charge in [-0.1, -0.05) is 35.5 Å². The van der Waals surface area contributed by atoms with Gasteiger partial charge in [-0.05, 0) is 60.0 Å². The fourth-order valence-electron chi connectivity index (χ4n) is 4.65. The maximum absolute atomic E-state index is 12.2.